The van der Waals surface area contributed by atoms with Gasteiger partial charge in [-0.1, -0.05) is 25.5 Å². The number of hydrogen-bond donors (Lipinski definition) is 1. The zero-order valence-electron chi connectivity index (χ0n) is 12.1. The summed E-state index contributed by atoms with van der Waals surface area (Å²) >= 11 is 0. The number of hydrogen-bond acceptors (Lipinski definition) is 4. The Morgan fingerprint density at radius 3 is 2.37 bits per heavy atom. The van der Waals surface area contributed by atoms with Crippen LogP contribution in [-0.2, 0) is 16.0 Å². The van der Waals surface area contributed by atoms with Gasteiger partial charge in [-0.25, -0.2) is 0 Å². The smallest absolute Gasteiger partial charge is 0.169 e. The van der Waals surface area contributed by atoms with Crippen LogP contribution in [0.2, 0.25) is 0 Å². The molecular formula is C15H25NO3. The van der Waals surface area contributed by atoms with Crippen LogP contribution in [-0.4, -0.2) is 33.7 Å². The molecule has 19 heavy (non-hydrogen) atoms. The second-order valence-corrected chi connectivity index (χ2v) is 4.38. The molecule has 0 aliphatic carbocycles. The van der Waals surface area contributed by atoms with Gasteiger partial charge in [0.2, 0.25) is 0 Å². The standard InChI is InChI=1S/C15H25NO3/c1-4-5-10-19-14-8-6-13(7-9-14)11-16-12-15(17-2)18-3/h6-9,15-16H,4-5,10-12H2,1-3H3. The van der Waals surface area contributed by atoms with Crippen molar-refractivity contribution in [3.8, 4) is 5.75 Å². The Kier molecular flexibility index (Phi) is 8.21. The molecule has 0 saturated carbocycles. The number of rotatable bonds is 10. The molecule has 0 amide bonds. The molecule has 1 rings (SSSR count). The Labute approximate surface area is 116 Å². The van der Waals surface area contributed by atoms with E-state index in [1.54, 1.807) is 14.2 Å². The predicted molar refractivity (Wildman–Crippen MR) is 76.4 cm³/mol. The van der Waals surface area contributed by atoms with Gasteiger partial charge in [0.25, 0.3) is 0 Å². The van der Waals surface area contributed by atoms with Gasteiger partial charge in [-0.3, -0.25) is 0 Å². The number of unbranched alkanes of at least 4 members (excludes halogenated alkanes) is 1. The minimum absolute atomic E-state index is 0.198. The lowest BCUT2D eigenvalue weighted by atomic mass is 10.2. The van der Waals surface area contributed by atoms with Crippen LogP contribution in [0.4, 0.5) is 0 Å². The number of nitrogens with one attached hydrogen (secondary N) is 1. The van der Waals surface area contributed by atoms with Crippen molar-refractivity contribution >= 4 is 0 Å². The van der Waals surface area contributed by atoms with E-state index in [1.165, 1.54) is 5.56 Å². The molecule has 4 nitrogen and oxygen atoms in total. The quantitative estimate of drug-likeness (QED) is 0.522. The molecule has 0 saturated heterocycles. The Balaban J connectivity index is 2.27. The van der Waals surface area contributed by atoms with Crippen molar-refractivity contribution < 1.29 is 14.2 Å². The SMILES string of the molecule is CCCCOc1ccc(CNCC(OC)OC)cc1. The molecule has 0 aliphatic heterocycles. The molecule has 0 radical (unpaired) electrons. The average molecular weight is 267 g/mol. The van der Waals surface area contributed by atoms with E-state index in [2.05, 4.69) is 24.4 Å². The van der Waals surface area contributed by atoms with Crippen molar-refractivity contribution in [3.63, 3.8) is 0 Å². The molecule has 0 unspecified atom stereocenters. The highest BCUT2D eigenvalue weighted by Gasteiger charge is 2.03. The van der Waals surface area contributed by atoms with Crippen molar-refractivity contribution in [2.75, 3.05) is 27.4 Å². The molecule has 4 heteroatoms. The topological polar surface area (TPSA) is 39.7 Å². The van der Waals surface area contributed by atoms with E-state index in [-0.39, 0.29) is 6.29 Å². The molecule has 0 bridgehead atoms. The monoisotopic (exact) mass is 267 g/mol. The Morgan fingerprint density at radius 1 is 1.11 bits per heavy atom. The van der Waals surface area contributed by atoms with Crippen LogP contribution >= 0.6 is 0 Å². The van der Waals surface area contributed by atoms with Crippen LogP contribution in [0, 0.1) is 0 Å². The number of ether oxygens (including phenoxy) is 3. The molecular weight excluding hydrogens is 242 g/mol. The van der Waals surface area contributed by atoms with Gasteiger partial charge in [0, 0.05) is 27.3 Å². The highest BCUT2D eigenvalue weighted by atomic mass is 16.7. The lowest BCUT2D eigenvalue weighted by Gasteiger charge is -2.14. The van der Waals surface area contributed by atoms with E-state index in [9.17, 15) is 0 Å². The first-order valence-electron chi connectivity index (χ1n) is 6.78. The fourth-order valence-corrected chi connectivity index (χ4v) is 1.64. The van der Waals surface area contributed by atoms with E-state index in [0.29, 0.717) is 6.54 Å². The first-order chi connectivity index (χ1) is 9.30. The van der Waals surface area contributed by atoms with Gasteiger partial charge in [-0.05, 0) is 24.1 Å². The van der Waals surface area contributed by atoms with E-state index in [0.717, 1.165) is 31.7 Å². The van der Waals surface area contributed by atoms with Gasteiger partial charge in [0.05, 0.1) is 6.61 Å². The molecule has 0 fully saturated rings. The molecule has 108 valence electrons. The third-order valence-corrected chi connectivity index (χ3v) is 2.86. The lowest BCUT2D eigenvalue weighted by Crippen LogP contribution is -2.29. The van der Waals surface area contributed by atoms with Crippen molar-refractivity contribution in [3.05, 3.63) is 29.8 Å². The zero-order chi connectivity index (χ0) is 13.9. The van der Waals surface area contributed by atoms with E-state index < -0.39 is 0 Å². The Bertz CT molecular complexity index is 323. The second-order valence-electron chi connectivity index (χ2n) is 4.38. The third-order valence-electron chi connectivity index (χ3n) is 2.86. The van der Waals surface area contributed by atoms with Crippen molar-refractivity contribution in [1.29, 1.82) is 0 Å². The Morgan fingerprint density at radius 2 is 1.79 bits per heavy atom. The highest BCUT2D eigenvalue weighted by molar-refractivity contribution is 5.27. The van der Waals surface area contributed by atoms with Crippen LogP contribution in [0.25, 0.3) is 0 Å². The van der Waals surface area contributed by atoms with Gasteiger partial charge < -0.3 is 19.5 Å². The summed E-state index contributed by atoms with van der Waals surface area (Å²) in [6.07, 6.45) is 2.05. The molecule has 0 atom stereocenters. The third kappa shape index (κ3) is 6.57. The molecule has 1 aromatic carbocycles. The van der Waals surface area contributed by atoms with Crippen LogP contribution in [0.1, 0.15) is 25.3 Å². The van der Waals surface area contributed by atoms with Gasteiger partial charge in [-0.15, -0.1) is 0 Å². The van der Waals surface area contributed by atoms with Crippen LogP contribution in [0.5, 0.6) is 5.75 Å². The number of benzene rings is 1. The Hall–Kier alpha value is -1.10. The van der Waals surface area contributed by atoms with Crippen molar-refractivity contribution in [1.82, 2.24) is 5.32 Å². The molecule has 1 N–H and O–H groups in total. The van der Waals surface area contributed by atoms with Crippen LogP contribution < -0.4 is 10.1 Å². The maximum absolute atomic E-state index is 5.62. The maximum atomic E-state index is 5.62. The second kappa shape index (κ2) is 9.78. The zero-order valence-corrected chi connectivity index (χ0v) is 12.1. The summed E-state index contributed by atoms with van der Waals surface area (Å²) in [7, 11) is 3.27. The minimum atomic E-state index is -0.198. The van der Waals surface area contributed by atoms with Gasteiger partial charge in [0.15, 0.2) is 6.29 Å². The van der Waals surface area contributed by atoms with Crippen molar-refractivity contribution in [2.24, 2.45) is 0 Å². The fourth-order valence-electron chi connectivity index (χ4n) is 1.64. The molecule has 0 aromatic heterocycles. The molecule has 1 aromatic rings. The summed E-state index contributed by atoms with van der Waals surface area (Å²) in [6.45, 7) is 4.41. The van der Waals surface area contributed by atoms with Crippen LogP contribution in [0.3, 0.4) is 0 Å². The first-order valence-corrected chi connectivity index (χ1v) is 6.78. The number of methoxy groups -OCH3 is 2. The van der Waals surface area contributed by atoms with Crippen LogP contribution in [0.15, 0.2) is 24.3 Å². The normalized spacial score (nSPS) is 10.9. The van der Waals surface area contributed by atoms with Gasteiger partial charge in [0.1, 0.15) is 5.75 Å². The maximum Gasteiger partial charge on any atom is 0.169 e. The summed E-state index contributed by atoms with van der Waals surface area (Å²) in [5.74, 6) is 0.934. The highest BCUT2D eigenvalue weighted by Crippen LogP contribution is 2.12. The van der Waals surface area contributed by atoms with E-state index in [1.807, 2.05) is 12.1 Å². The van der Waals surface area contributed by atoms with Gasteiger partial charge >= 0.3 is 0 Å². The van der Waals surface area contributed by atoms with E-state index >= 15 is 0 Å². The first kappa shape index (κ1) is 16.0. The molecule has 0 heterocycles. The summed E-state index contributed by atoms with van der Waals surface area (Å²) in [5.41, 5.74) is 1.22. The summed E-state index contributed by atoms with van der Waals surface area (Å²) < 4.78 is 15.8. The largest absolute Gasteiger partial charge is 0.494 e. The summed E-state index contributed by atoms with van der Waals surface area (Å²) in [5, 5.41) is 3.28. The molecule has 0 aliphatic rings. The van der Waals surface area contributed by atoms with Gasteiger partial charge in [-0.2, -0.15) is 0 Å². The summed E-state index contributed by atoms with van der Waals surface area (Å²) in [4.78, 5) is 0. The lowest BCUT2D eigenvalue weighted by molar-refractivity contribution is -0.0989. The van der Waals surface area contributed by atoms with Crippen molar-refractivity contribution in [2.45, 2.75) is 32.6 Å². The summed E-state index contributed by atoms with van der Waals surface area (Å²) in [6, 6.07) is 8.17. The predicted octanol–water partition coefficient (Wildman–Crippen LogP) is 2.57. The fraction of sp³-hybridized carbons (Fsp3) is 0.600. The minimum Gasteiger partial charge on any atom is -0.494 e. The average Bonchev–Trinajstić information content (AvgIpc) is 2.45. The molecule has 0 spiro atoms. The van der Waals surface area contributed by atoms with E-state index in [4.69, 9.17) is 14.2 Å².